The molecular weight excluding hydrogens is 344 g/mol. The maximum Gasteiger partial charge on any atom is 0.337 e. The second-order valence-electron chi connectivity index (χ2n) is 5.74. The van der Waals surface area contributed by atoms with E-state index < -0.39 is 5.97 Å². The Morgan fingerprint density at radius 3 is 2.41 bits per heavy atom. The van der Waals surface area contributed by atoms with E-state index in [0.29, 0.717) is 22.6 Å². The third-order valence-corrected chi connectivity index (χ3v) is 3.66. The Hall–Kier alpha value is -3.74. The van der Waals surface area contributed by atoms with Gasteiger partial charge in [0.15, 0.2) is 0 Å². The molecule has 0 saturated heterocycles. The van der Waals surface area contributed by atoms with Crippen molar-refractivity contribution >= 4 is 29.2 Å². The van der Waals surface area contributed by atoms with Crippen LogP contribution in [0.2, 0.25) is 0 Å². The summed E-state index contributed by atoms with van der Waals surface area (Å²) in [7, 11) is 1.32. The molecule has 1 amide bonds. The summed E-state index contributed by atoms with van der Waals surface area (Å²) >= 11 is 0. The number of hydrogen-bond donors (Lipinski definition) is 2. The number of nitrogens with zero attached hydrogens (tertiary/aromatic N) is 2. The van der Waals surface area contributed by atoms with Crippen LogP contribution in [-0.4, -0.2) is 29.0 Å². The summed E-state index contributed by atoms with van der Waals surface area (Å²) in [6.07, 6.45) is 0. The quantitative estimate of drug-likeness (QED) is 0.674. The van der Waals surface area contributed by atoms with E-state index in [4.69, 9.17) is 4.74 Å². The standard InChI is InChI=1S/C20H18N4O3/c1-13-11-17(18(25)22-15-8-4-3-5-9-15)24-20(21-13)23-16-10-6-7-14(12-16)19(26)27-2/h3-12H,1-2H3,(H,22,25)(H,21,23,24). The maximum absolute atomic E-state index is 12.5. The summed E-state index contributed by atoms with van der Waals surface area (Å²) in [5, 5.41) is 5.80. The molecular formula is C20H18N4O3. The van der Waals surface area contributed by atoms with Crippen molar-refractivity contribution in [3.8, 4) is 0 Å². The molecule has 0 aliphatic heterocycles. The normalized spacial score (nSPS) is 10.1. The SMILES string of the molecule is COC(=O)c1cccc(Nc2nc(C)cc(C(=O)Nc3ccccc3)n2)c1. The van der Waals surface area contributed by atoms with E-state index in [-0.39, 0.29) is 17.5 Å². The molecule has 1 heterocycles. The lowest BCUT2D eigenvalue weighted by Crippen LogP contribution is -2.15. The van der Waals surface area contributed by atoms with E-state index in [2.05, 4.69) is 20.6 Å². The fraction of sp³-hybridized carbons (Fsp3) is 0.100. The number of nitrogens with one attached hydrogen (secondary N) is 2. The molecule has 2 aromatic carbocycles. The van der Waals surface area contributed by atoms with E-state index in [1.54, 1.807) is 49.4 Å². The van der Waals surface area contributed by atoms with Crippen molar-refractivity contribution in [3.63, 3.8) is 0 Å². The molecule has 0 radical (unpaired) electrons. The number of aryl methyl sites for hydroxylation is 1. The molecule has 0 aliphatic carbocycles. The summed E-state index contributed by atoms with van der Waals surface area (Å²) in [4.78, 5) is 32.7. The molecule has 2 N–H and O–H groups in total. The summed E-state index contributed by atoms with van der Waals surface area (Å²) < 4.78 is 4.72. The average Bonchev–Trinajstić information content (AvgIpc) is 2.68. The number of ether oxygens (including phenoxy) is 1. The van der Waals surface area contributed by atoms with Gasteiger partial charge in [0.05, 0.1) is 12.7 Å². The number of methoxy groups -OCH3 is 1. The predicted molar refractivity (Wildman–Crippen MR) is 102 cm³/mol. The van der Waals surface area contributed by atoms with Gasteiger partial charge in [0.2, 0.25) is 5.95 Å². The van der Waals surface area contributed by atoms with Gasteiger partial charge in [-0.3, -0.25) is 4.79 Å². The number of carbonyl (C=O) groups excluding carboxylic acids is 2. The number of benzene rings is 2. The van der Waals surface area contributed by atoms with E-state index in [9.17, 15) is 9.59 Å². The molecule has 3 rings (SSSR count). The van der Waals surface area contributed by atoms with E-state index in [1.165, 1.54) is 7.11 Å². The third-order valence-electron chi connectivity index (χ3n) is 3.66. The van der Waals surface area contributed by atoms with Crippen LogP contribution in [-0.2, 0) is 4.74 Å². The molecule has 0 atom stereocenters. The number of aromatic nitrogens is 2. The monoisotopic (exact) mass is 362 g/mol. The highest BCUT2D eigenvalue weighted by atomic mass is 16.5. The van der Waals surface area contributed by atoms with Gasteiger partial charge in [0.25, 0.3) is 5.91 Å². The number of hydrogen-bond acceptors (Lipinski definition) is 6. The first-order valence-electron chi connectivity index (χ1n) is 8.22. The van der Waals surface area contributed by atoms with Crippen LogP contribution in [0.1, 0.15) is 26.5 Å². The van der Waals surface area contributed by atoms with Crippen molar-refractivity contribution in [1.29, 1.82) is 0 Å². The smallest absolute Gasteiger partial charge is 0.337 e. The van der Waals surface area contributed by atoms with Crippen LogP contribution in [0.4, 0.5) is 17.3 Å². The van der Waals surface area contributed by atoms with Gasteiger partial charge < -0.3 is 15.4 Å². The first-order chi connectivity index (χ1) is 13.0. The van der Waals surface area contributed by atoms with Crippen LogP contribution >= 0.6 is 0 Å². The molecule has 0 spiro atoms. The molecule has 0 aliphatic rings. The molecule has 136 valence electrons. The molecule has 0 unspecified atom stereocenters. The van der Waals surface area contributed by atoms with Crippen molar-refractivity contribution in [2.75, 3.05) is 17.7 Å². The third kappa shape index (κ3) is 4.66. The Morgan fingerprint density at radius 1 is 0.926 bits per heavy atom. The van der Waals surface area contributed by atoms with Crippen LogP contribution in [0.25, 0.3) is 0 Å². The summed E-state index contributed by atoms with van der Waals surface area (Å²) in [5.74, 6) is -0.514. The topological polar surface area (TPSA) is 93.2 Å². The number of esters is 1. The maximum atomic E-state index is 12.5. The number of carbonyl (C=O) groups is 2. The zero-order valence-corrected chi connectivity index (χ0v) is 14.9. The minimum Gasteiger partial charge on any atom is -0.465 e. The molecule has 0 bridgehead atoms. The first-order valence-corrected chi connectivity index (χ1v) is 8.22. The van der Waals surface area contributed by atoms with Crippen LogP contribution in [0.15, 0.2) is 60.7 Å². The van der Waals surface area contributed by atoms with Gasteiger partial charge in [-0.2, -0.15) is 0 Å². The largest absolute Gasteiger partial charge is 0.465 e. The molecule has 7 nitrogen and oxygen atoms in total. The van der Waals surface area contributed by atoms with Crippen LogP contribution in [0, 0.1) is 6.92 Å². The number of anilines is 3. The Morgan fingerprint density at radius 2 is 1.67 bits per heavy atom. The van der Waals surface area contributed by atoms with Crippen molar-refractivity contribution in [1.82, 2.24) is 9.97 Å². The minimum atomic E-state index is -0.438. The second kappa shape index (κ2) is 8.09. The Balaban J connectivity index is 1.81. The van der Waals surface area contributed by atoms with Crippen molar-refractivity contribution in [3.05, 3.63) is 77.6 Å². The van der Waals surface area contributed by atoms with Gasteiger partial charge >= 0.3 is 5.97 Å². The highest BCUT2D eigenvalue weighted by molar-refractivity contribution is 6.03. The van der Waals surface area contributed by atoms with Crippen LogP contribution in [0.3, 0.4) is 0 Å². The lowest BCUT2D eigenvalue weighted by atomic mass is 10.2. The molecule has 3 aromatic rings. The summed E-state index contributed by atoms with van der Waals surface area (Å²) in [6, 6.07) is 17.5. The minimum absolute atomic E-state index is 0.234. The fourth-order valence-electron chi connectivity index (χ4n) is 2.43. The highest BCUT2D eigenvalue weighted by Gasteiger charge is 2.12. The zero-order chi connectivity index (χ0) is 19.2. The van der Waals surface area contributed by atoms with Crippen molar-refractivity contribution in [2.45, 2.75) is 6.92 Å². The number of rotatable bonds is 5. The van der Waals surface area contributed by atoms with Crippen molar-refractivity contribution < 1.29 is 14.3 Å². The molecule has 1 aromatic heterocycles. The first kappa shape index (κ1) is 18.1. The van der Waals surface area contributed by atoms with Crippen LogP contribution < -0.4 is 10.6 Å². The van der Waals surface area contributed by atoms with E-state index >= 15 is 0 Å². The Bertz CT molecular complexity index is 974. The van der Waals surface area contributed by atoms with Crippen molar-refractivity contribution in [2.24, 2.45) is 0 Å². The van der Waals surface area contributed by atoms with E-state index in [1.807, 2.05) is 18.2 Å². The lowest BCUT2D eigenvalue weighted by Gasteiger charge is -2.09. The second-order valence-corrected chi connectivity index (χ2v) is 5.74. The Labute approximate surface area is 156 Å². The van der Waals surface area contributed by atoms with E-state index in [0.717, 1.165) is 0 Å². The predicted octanol–water partition coefficient (Wildman–Crippen LogP) is 3.57. The molecule has 0 fully saturated rings. The highest BCUT2D eigenvalue weighted by Crippen LogP contribution is 2.17. The molecule has 27 heavy (non-hydrogen) atoms. The van der Waals surface area contributed by atoms with Gasteiger partial charge in [-0.15, -0.1) is 0 Å². The average molecular weight is 362 g/mol. The zero-order valence-electron chi connectivity index (χ0n) is 14.9. The van der Waals surface area contributed by atoms with Gasteiger partial charge in [0, 0.05) is 17.1 Å². The van der Waals surface area contributed by atoms with Gasteiger partial charge in [-0.1, -0.05) is 24.3 Å². The summed E-state index contributed by atoms with van der Waals surface area (Å²) in [6.45, 7) is 1.77. The van der Waals surface area contributed by atoms with Gasteiger partial charge in [0.1, 0.15) is 5.69 Å². The summed E-state index contributed by atoms with van der Waals surface area (Å²) in [5.41, 5.74) is 2.56. The van der Waals surface area contributed by atoms with Gasteiger partial charge in [-0.05, 0) is 43.3 Å². The molecule has 0 saturated carbocycles. The lowest BCUT2D eigenvalue weighted by molar-refractivity contribution is 0.0600. The number of para-hydroxylation sites is 1. The Kier molecular flexibility index (Phi) is 5.41. The van der Waals surface area contributed by atoms with Gasteiger partial charge in [-0.25, -0.2) is 14.8 Å². The van der Waals surface area contributed by atoms with Crippen LogP contribution in [0.5, 0.6) is 0 Å². The number of amides is 1. The molecule has 7 heteroatoms. The fourth-order valence-corrected chi connectivity index (χ4v) is 2.43.